The lowest BCUT2D eigenvalue weighted by Crippen LogP contribution is -2.40. The fraction of sp³-hybridized carbons (Fsp3) is 0.533. The summed E-state index contributed by atoms with van der Waals surface area (Å²) in [5, 5.41) is 0.898. The molecule has 2 unspecified atom stereocenters. The molecule has 1 aliphatic rings. The van der Waals surface area contributed by atoms with Crippen LogP contribution in [-0.4, -0.2) is 29.2 Å². The van der Waals surface area contributed by atoms with Gasteiger partial charge in [-0.3, -0.25) is 4.79 Å². The number of hydrogen-bond acceptors (Lipinski definition) is 1. The van der Waals surface area contributed by atoms with Gasteiger partial charge in [0.2, 0.25) is 5.91 Å². The lowest BCUT2D eigenvalue weighted by atomic mass is 9.92. The monoisotopic (exact) mass is 309 g/mol. The molecule has 0 bridgehead atoms. The Morgan fingerprint density at radius 1 is 1.33 bits per heavy atom. The highest BCUT2D eigenvalue weighted by Gasteiger charge is 2.61. The molecule has 1 saturated carbocycles. The molecule has 0 saturated heterocycles. The van der Waals surface area contributed by atoms with Crippen molar-refractivity contribution in [1.82, 2.24) is 4.90 Å². The zero-order valence-corrected chi connectivity index (χ0v) is 12.6. The minimum atomic E-state index is -0.267. The van der Waals surface area contributed by atoms with Gasteiger partial charge in [-0.05, 0) is 31.7 Å². The summed E-state index contributed by atoms with van der Waals surface area (Å²) >= 11 is 3.54. The average Bonchev–Trinajstić information content (AvgIpc) is 3.17. The average molecular weight is 310 g/mol. The molecule has 0 N–H and O–H groups in total. The van der Waals surface area contributed by atoms with Gasteiger partial charge in [0, 0.05) is 18.4 Å². The highest BCUT2D eigenvalue weighted by molar-refractivity contribution is 9.09. The van der Waals surface area contributed by atoms with Crippen molar-refractivity contribution in [1.29, 1.82) is 0 Å². The Labute approximate surface area is 117 Å². The van der Waals surface area contributed by atoms with Crippen LogP contribution in [-0.2, 0) is 10.2 Å². The first-order valence-corrected chi connectivity index (χ1v) is 7.73. The molecule has 0 radical (unpaired) electrons. The summed E-state index contributed by atoms with van der Waals surface area (Å²) in [4.78, 5) is 14.7. The van der Waals surface area contributed by atoms with Crippen LogP contribution >= 0.6 is 15.9 Å². The molecule has 2 rings (SSSR count). The summed E-state index contributed by atoms with van der Waals surface area (Å²) in [6.07, 6.45) is 0.970. The van der Waals surface area contributed by atoms with Gasteiger partial charge in [-0.15, -0.1) is 0 Å². The normalized spacial score (nSPS) is 25.8. The largest absolute Gasteiger partial charge is 0.342 e. The molecule has 2 atom stereocenters. The van der Waals surface area contributed by atoms with Crippen molar-refractivity contribution >= 4 is 21.8 Å². The van der Waals surface area contributed by atoms with Crippen LogP contribution in [0.2, 0.25) is 0 Å². The van der Waals surface area contributed by atoms with E-state index in [0.29, 0.717) is 11.8 Å². The minimum Gasteiger partial charge on any atom is -0.342 e. The zero-order valence-electron chi connectivity index (χ0n) is 11.0. The lowest BCUT2D eigenvalue weighted by molar-refractivity contribution is -0.133. The molecule has 0 aromatic heterocycles. The Morgan fingerprint density at radius 3 is 2.39 bits per heavy atom. The number of hydrogen-bond donors (Lipinski definition) is 0. The molecular formula is C15H20BrNO. The topological polar surface area (TPSA) is 20.3 Å². The summed E-state index contributed by atoms with van der Waals surface area (Å²) in [5.74, 6) is 0.733. The standard InChI is InChI=1S/C15H20BrNO/c1-3-17(4-2)14(18)15(10-13(15)11-16)12-8-6-5-7-9-12/h5-9,13H,3-4,10-11H2,1-2H3. The molecule has 0 spiro atoms. The van der Waals surface area contributed by atoms with Gasteiger partial charge >= 0.3 is 0 Å². The van der Waals surface area contributed by atoms with E-state index in [2.05, 4.69) is 28.1 Å². The third-order valence-electron chi connectivity index (χ3n) is 4.01. The van der Waals surface area contributed by atoms with E-state index in [1.54, 1.807) is 0 Å². The molecule has 1 amide bonds. The van der Waals surface area contributed by atoms with Gasteiger partial charge in [-0.1, -0.05) is 46.3 Å². The van der Waals surface area contributed by atoms with E-state index in [1.165, 1.54) is 5.56 Å². The van der Waals surface area contributed by atoms with Gasteiger partial charge < -0.3 is 4.90 Å². The molecule has 1 aliphatic carbocycles. The number of rotatable bonds is 5. The first kappa shape index (κ1) is 13.6. The highest BCUT2D eigenvalue weighted by atomic mass is 79.9. The van der Waals surface area contributed by atoms with Gasteiger partial charge in [0.1, 0.15) is 0 Å². The lowest BCUT2D eigenvalue weighted by Gasteiger charge is -2.26. The maximum Gasteiger partial charge on any atom is 0.233 e. The summed E-state index contributed by atoms with van der Waals surface area (Å²) in [7, 11) is 0. The number of carbonyl (C=O) groups excluding carboxylic acids is 1. The SMILES string of the molecule is CCN(CC)C(=O)C1(c2ccccc2)CC1CBr. The Morgan fingerprint density at radius 2 is 1.94 bits per heavy atom. The van der Waals surface area contributed by atoms with Gasteiger partial charge in [0.15, 0.2) is 0 Å². The number of amides is 1. The predicted molar refractivity (Wildman–Crippen MR) is 77.9 cm³/mol. The molecule has 0 heterocycles. The van der Waals surface area contributed by atoms with Crippen LogP contribution in [0.25, 0.3) is 0 Å². The van der Waals surface area contributed by atoms with E-state index in [4.69, 9.17) is 0 Å². The van der Waals surface area contributed by atoms with Gasteiger partial charge in [0.25, 0.3) is 0 Å². The third-order valence-corrected chi connectivity index (χ3v) is 4.79. The van der Waals surface area contributed by atoms with Gasteiger partial charge in [-0.2, -0.15) is 0 Å². The van der Waals surface area contributed by atoms with Crippen molar-refractivity contribution in [2.45, 2.75) is 25.7 Å². The fourth-order valence-corrected chi connectivity index (χ4v) is 3.57. The number of likely N-dealkylation sites (N-methyl/N-ethyl adjacent to an activating group) is 1. The summed E-state index contributed by atoms with van der Waals surface area (Å²) in [5.41, 5.74) is 0.905. The highest BCUT2D eigenvalue weighted by Crippen LogP contribution is 2.56. The first-order valence-electron chi connectivity index (χ1n) is 6.61. The molecule has 18 heavy (non-hydrogen) atoms. The van der Waals surface area contributed by atoms with Gasteiger partial charge in [0.05, 0.1) is 5.41 Å². The smallest absolute Gasteiger partial charge is 0.233 e. The Hall–Kier alpha value is -0.830. The van der Waals surface area contributed by atoms with Crippen LogP contribution in [0.4, 0.5) is 0 Å². The van der Waals surface area contributed by atoms with E-state index in [0.717, 1.165) is 24.8 Å². The number of carbonyl (C=O) groups is 1. The molecule has 0 aliphatic heterocycles. The van der Waals surface area contributed by atoms with Crippen molar-refractivity contribution in [3.63, 3.8) is 0 Å². The van der Waals surface area contributed by atoms with E-state index in [-0.39, 0.29) is 5.41 Å². The van der Waals surface area contributed by atoms with Crippen molar-refractivity contribution in [3.8, 4) is 0 Å². The van der Waals surface area contributed by atoms with Crippen molar-refractivity contribution in [2.24, 2.45) is 5.92 Å². The second-order valence-corrected chi connectivity index (χ2v) is 5.52. The zero-order chi connectivity index (χ0) is 13.2. The summed E-state index contributed by atoms with van der Waals surface area (Å²) < 4.78 is 0. The number of benzene rings is 1. The first-order chi connectivity index (χ1) is 8.70. The minimum absolute atomic E-state index is 0.267. The Bertz CT molecular complexity index is 416. The van der Waals surface area contributed by atoms with Crippen molar-refractivity contribution < 1.29 is 4.79 Å². The summed E-state index contributed by atoms with van der Waals surface area (Å²) in [6.45, 7) is 5.68. The van der Waals surface area contributed by atoms with E-state index >= 15 is 0 Å². The fourth-order valence-electron chi connectivity index (χ4n) is 2.78. The maximum absolute atomic E-state index is 12.8. The Balaban J connectivity index is 2.32. The Kier molecular flexibility index (Phi) is 4.10. The second-order valence-electron chi connectivity index (χ2n) is 4.87. The van der Waals surface area contributed by atoms with Gasteiger partial charge in [-0.25, -0.2) is 0 Å². The molecule has 2 nitrogen and oxygen atoms in total. The van der Waals surface area contributed by atoms with Crippen LogP contribution in [0.1, 0.15) is 25.8 Å². The van der Waals surface area contributed by atoms with E-state index in [9.17, 15) is 4.79 Å². The van der Waals surface area contributed by atoms with Crippen LogP contribution < -0.4 is 0 Å². The molecule has 1 fully saturated rings. The molecule has 3 heteroatoms. The molecule has 1 aromatic rings. The van der Waals surface area contributed by atoms with Crippen molar-refractivity contribution in [3.05, 3.63) is 35.9 Å². The van der Waals surface area contributed by atoms with Crippen LogP contribution in [0.15, 0.2) is 30.3 Å². The van der Waals surface area contributed by atoms with Crippen LogP contribution in [0.5, 0.6) is 0 Å². The summed E-state index contributed by atoms with van der Waals surface area (Å²) in [6, 6.07) is 10.2. The van der Waals surface area contributed by atoms with E-state index in [1.807, 2.05) is 36.9 Å². The second kappa shape index (κ2) is 5.43. The number of halogens is 1. The number of nitrogens with zero attached hydrogens (tertiary/aromatic N) is 1. The van der Waals surface area contributed by atoms with Crippen LogP contribution in [0, 0.1) is 5.92 Å². The molecule has 98 valence electrons. The maximum atomic E-state index is 12.8. The number of alkyl halides is 1. The van der Waals surface area contributed by atoms with Crippen molar-refractivity contribution in [2.75, 3.05) is 18.4 Å². The van der Waals surface area contributed by atoms with Crippen LogP contribution in [0.3, 0.4) is 0 Å². The van der Waals surface area contributed by atoms with E-state index < -0.39 is 0 Å². The third kappa shape index (κ3) is 2.09. The molecule has 1 aromatic carbocycles. The quantitative estimate of drug-likeness (QED) is 0.765. The molecular weight excluding hydrogens is 290 g/mol. The predicted octanol–water partition coefficient (Wildman–Crippen LogP) is 3.21.